The van der Waals surface area contributed by atoms with E-state index in [1.165, 1.54) is 0 Å². The number of hydrogen-bond acceptors (Lipinski definition) is 9. The summed E-state index contributed by atoms with van der Waals surface area (Å²) in [5.74, 6) is -1.26. The Bertz CT molecular complexity index is 1620. The fourth-order valence-electron chi connectivity index (χ4n) is 3.91. The third-order valence-corrected chi connectivity index (χ3v) is 6.91. The van der Waals surface area contributed by atoms with Crippen molar-refractivity contribution in [2.45, 2.75) is 25.2 Å². The lowest BCUT2D eigenvalue weighted by Gasteiger charge is -2.16. The Morgan fingerprint density at radius 2 is 1.76 bits per heavy atom. The molecule has 12 heteroatoms. The molecule has 0 aliphatic carbocycles. The molecule has 2 aromatic heterocycles. The van der Waals surface area contributed by atoms with Gasteiger partial charge < -0.3 is 15.0 Å². The Morgan fingerprint density at radius 1 is 1.03 bits per heavy atom. The van der Waals surface area contributed by atoms with Crippen molar-refractivity contribution in [2.75, 3.05) is 18.6 Å². The number of rotatable bonds is 9. The number of anilines is 1. The molecular weight excluding hydrogens is 508 g/mol. The molecule has 0 spiro atoms. The number of carbonyl (C=O) groups is 2. The number of nitrogens with zero attached hydrogens (tertiary/aromatic N) is 5. The number of thioether (sulfide) groups is 1. The fourth-order valence-corrected chi connectivity index (χ4v) is 4.69. The number of aryl methyl sites for hydroxylation is 1. The van der Waals surface area contributed by atoms with Gasteiger partial charge in [-0.25, -0.2) is 9.36 Å². The minimum atomic E-state index is -0.953. The Labute approximate surface area is 221 Å². The molecule has 4 aromatic rings. The van der Waals surface area contributed by atoms with Crippen molar-refractivity contribution in [1.82, 2.24) is 23.9 Å². The Hall–Kier alpha value is -4.45. The first-order chi connectivity index (χ1) is 18.2. The number of hydrogen-bond donors (Lipinski definition) is 1. The third kappa shape index (κ3) is 5.44. The van der Waals surface area contributed by atoms with Gasteiger partial charge in [0.25, 0.3) is 5.56 Å². The number of esters is 1. The minimum absolute atomic E-state index is 0.00349. The molecule has 38 heavy (non-hydrogen) atoms. The van der Waals surface area contributed by atoms with Crippen molar-refractivity contribution in [3.05, 3.63) is 92.1 Å². The molecule has 0 unspecified atom stereocenters. The summed E-state index contributed by atoms with van der Waals surface area (Å²) in [6.45, 7) is 1.33. The van der Waals surface area contributed by atoms with Crippen molar-refractivity contribution in [1.29, 1.82) is 0 Å². The first-order valence-electron chi connectivity index (χ1n) is 11.6. The molecule has 2 aromatic carbocycles. The van der Waals surface area contributed by atoms with Crippen LogP contribution in [0.15, 0.2) is 69.3 Å². The number of benzene rings is 2. The minimum Gasteiger partial charge on any atom is -0.468 e. The highest BCUT2D eigenvalue weighted by Gasteiger charge is 2.25. The van der Waals surface area contributed by atoms with Crippen molar-refractivity contribution in [3.8, 4) is 11.4 Å². The standard InChI is InChI=1S/C26H26N6O5S/c1-16-8-7-11-18(12-16)23-28-29-25(30(23)2)38-15-19(33)21-22(27)31(13-17-9-5-4-6-10-17)26(36)32(24(21)35)14-20(34)37-3/h4-12H,13-15,27H2,1-3H3. The molecule has 2 N–H and O–H groups in total. The van der Waals surface area contributed by atoms with E-state index in [1.54, 1.807) is 35.9 Å². The van der Waals surface area contributed by atoms with Gasteiger partial charge in [0.2, 0.25) is 0 Å². The normalized spacial score (nSPS) is 10.9. The summed E-state index contributed by atoms with van der Waals surface area (Å²) >= 11 is 1.08. The van der Waals surface area contributed by atoms with E-state index in [9.17, 15) is 19.2 Å². The van der Waals surface area contributed by atoms with Crippen LogP contribution in [0.3, 0.4) is 0 Å². The van der Waals surface area contributed by atoms with E-state index in [1.807, 2.05) is 37.3 Å². The van der Waals surface area contributed by atoms with Crippen LogP contribution in [0, 0.1) is 6.92 Å². The predicted octanol–water partition coefficient (Wildman–Crippen LogP) is 1.89. The lowest BCUT2D eigenvalue weighted by molar-refractivity contribution is -0.141. The molecule has 0 saturated carbocycles. The van der Waals surface area contributed by atoms with Crippen molar-refractivity contribution < 1.29 is 14.3 Å². The van der Waals surface area contributed by atoms with Gasteiger partial charge in [0, 0.05) is 12.6 Å². The number of methoxy groups -OCH3 is 1. The number of aromatic nitrogens is 5. The quantitative estimate of drug-likeness (QED) is 0.193. The molecule has 0 bridgehead atoms. The Kier molecular flexibility index (Phi) is 7.91. The largest absolute Gasteiger partial charge is 0.468 e. The lowest BCUT2D eigenvalue weighted by atomic mass is 10.1. The molecule has 0 fully saturated rings. The van der Waals surface area contributed by atoms with Gasteiger partial charge in [-0.15, -0.1) is 10.2 Å². The molecular formula is C26H26N6O5S. The zero-order chi connectivity index (χ0) is 27.4. The lowest BCUT2D eigenvalue weighted by Crippen LogP contribution is -2.45. The van der Waals surface area contributed by atoms with Crippen LogP contribution in [0.1, 0.15) is 21.5 Å². The van der Waals surface area contributed by atoms with E-state index in [0.717, 1.165) is 40.1 Å². The summed E-state index contributed by atoms with van der Waals surface area (Å²) in [5, 5.41) is 8.87. The van der Waals surface area contributed by atoms with Gasteiger partial charge >= 0.3 is 11.7 Å². The summed E-state index contributed by atoms with van der Waals surface area (Å²) in [5.41, 5.74) is 6.75. The molecule has 0 aliphatic rings. The van der Waals surface area contributed by atoms with E-state index in [2.05, 4.69) is 14.9 Å². The van der Waals surface area contributed by atoms with E-state index in [0.29, 0.717) is 15.5 Å². The van der Waals surface area contributed by atoms with Crippen LogP contribution in [0.4, 0.5) is 5.82 Å². The van der Waals surface area contributed by atoms with Crippen LogP contribution in [-0.4, -0.2) is 48.5 Å². The molecule has 0 amide bonds. The van der Waals surface area contributed by atoms with Gasteiger partial charge in [0.1, 0.15) is 17.9 Å². The number of ketones is 1. The van der Waals surface area contributed by atoms with Crippen LogP contribution >= 0.6 is 11.8 Å². The van der Waals surface area contributed by atoms with E-state index in [4.69, 9.17) is 5.73 Å². The highest BCUT2D eigenvalue weighted by molar-refractivity contribution is 7.99. The summed E-state index contributed by atoms with van der Waals surface area (Å²) in [6, 6.07) is 16.7. The van der Waals surface area contributed by atoms with Crippen LogP contribution < -0.4 is 17.0 Å². The maximum Gasteiger partial charge on any atom is 0.333 e. The van der Waals surface area contributed by atoms with Gasteiger partial charge in [0.05, 0.1) is 19.4 Å². The highest BCUT2D eigenvalue weighted by atomic mass is 32.2. The van der Waals surface area contributed by atoms with Crippen LogP contribution in [0.25, 0.3) is 11.4 Å². The van der Waals surface area contributed by atoms with Crippen LogP contribution in [0.5, 0.6) is 0 Å². The van der Waals surface area contributed by atoms with Gasteiger partial charge in [0.15, 0.2) is 16.8 Å². The number of ether oxygens (including phenoxy) is 1. The van der Waals surface area contributed by atoms with E-state index < -0.39 is 29.5 Å². The molecule has 4 rings (SSSR count). The highest BCUT2D eigenvalue weighted by Crippen LogP contribution is 2.24. The topological polar surface area (TPSA) is 144 Å². The first kappa shape index (κ1) is 26.6. The molecule has 2 heterocycles. The van der Waals surface area contributed by atoms with Crippen molar-refractivity contribution in [2.24, 2.45) is 7.05 Å². The molecule has 11 nitrogen and oxygen atoms in total. The Morgan fingerprint density at radius 3 is 2.45 bits per heavy atom. The SMILES string of the molecule is COC(=O)Cn1c(=O)c(C(=O)CSc2nnc(-c3cccc(C)c3)n2C)c(N)n(Cc2ccccc2)c1=O. The molecule has 0 atom stereocenters. The maximum atomic E-state index is 13.3. The molecule has 196 valence electrons. The van der Waals surface area contributed by atoms with Crippen LogP contribution in [-0.2, 0) is 29.7 Å². The smallest absolute Gasteiger partial charge is 0.333 e. The average Bonchev–Trinajstić information content (AvgIpc) is 3.28. The van der Waals surface area contributed by atoms with Gasteiger partial charge in [-0.1, -0.05) is 65.9 Å². The molecule has 0 saturated heterocycles. The molecule has 0 radical (unpaired) electrons. The summed E-state index contributed by atoms with van der Waals surface area (Å²) in [7, 11) is 2.92. The third-order valence-electron chi connectivity index (χ3n) is 5.89. The van der Waals surface area contributed by atoms with Gasteiger partial charge in [-0.05, 0) is 18.6 Å². The molecule has 0 aliphatic heterocycles. The first-order valence-corrected chi connectivity index (χ1v) is 12.6. The second-order valence-corrected chi connectivity index (χ2v) is 9.47. The zero-order valence-electron chi connectivity index (χ0n) is 21.1. The van der Waals surface area contributed by atoms with Crippen molar-refractivity contribution in [3.63, 3.8) is 0 Å². The number of carbonyl (C=O) groups excluding carboxylic acids is 2. The van der Waals surface area contributed by atoms with Crippen LogP contribution in [0.2, 0.25) is 0 Å². The second-order valence-electron chi connectivity index (χ2n) is 8.53. The summed E-state index contributed by atoms with van der Waals surface area (Å²) in [4.78, 5) is 51.6. The number of nitrogen functional groups attached to an aromatic ring is 1. The fraction of sp³-hybridized carbons (Fsp3) is 0.231. The summed E-state index contributed by atoms with van der Waals surface area (Å²) < 4.78 is 8.16. The average molecular weight is 535 g/mol. The number of nitrogens with two attached hydrogens (primary N) is 1. The van der Waals surface area contributed by atoms with E-state index in [-0.39, 0.29) is 23.7 Å². The van der Waals surface area contributed by atoms with Crippen molar-refractivity contribution >= 4 is 29.3 Å². The monoisotopic (exact) mass is 534 g/mol. The predicted molar refractivity (Wildman–Crippen MR) is 143 cm³/mol. The van der Waals surface area contributed by atoms with E-state index >= 15 is 0 Å². The number of Topliss-reactive ketones (excluding diaryl/α,β-unsaturated/α-hetero) is 1. The zero-order valence-corrected chi connectivity index (χ0v) is 21.9. The maximum absolute atomic E-state index is 13.3. The van der Waals surface area contributed by atoms with Gasteiger partial charge in [-0.3, -0.25) is 19.0 Å². The summed E-state index contributed by atoms with van der Waals surface area (Å²) in [6.07, 6.45) is 0. The Balaban J connectivity index is 1.68. The second kappa shape index (κ2) is 11.3. The van der Waals surface area contributed by atoms with Gasteiger partial charge in [-0.2, -0.15) is 0 Å².